The van der Waals surface area contributed by atoms with Crippen LogP contribution in [0.3, 0.4) is 0 Å². The lowest BCUT2D eigenvalue weighted by Crippen LogP contribution is -2.54. The number of oxazole rings is 1. The van der Waals surface area contributed by atoms with E-state index < -0.39 is 0 Å². The molecule has 1 saturated heterocycles. The molecule has 20 heavy (non-hydrogen) atoms. The van der Waals surface area contributed by atoms with Crippen molar-refractivity contribution in [3.63, 3.8) is 0 Å². The van der Waals surface area contributed by atoms with E-state index in [9.17, 15) is 4.79 Å². The smallest absolute Gasteiger partial charge is 0.237 e. The Bertz CT molecular complexity index is 637. The van der Waals surface area contributed by atoms with Crippen LogP contribution < -0.4 is 11.1 Å². The van der Waals surface area contributed by atoms with E-state index in [1.165, 1.54) is 0 Å². The predicted molar refractivity (Wildman–Crippen MR) is 75.9 cm³/mol. The number of fused-ring (bicyclic) bond motifs is 1. The van der Waals surface area contributed by atoms with Gasteiger partial charge in [-0.2, -0.15) is 0 Å². The van der Waals surface area contributed by atoms with Gasteiger partial charge in [0.15, 0.2) is 5.58 Å². The molecule has 3 rings (SSSR count). The van der Waals surface area contributed by atoms with Gasteiger partial charge in [0, 0.05) is 24.8 Å². The van der Waals surface area contributed by atoms with Gasteiger partial charge in [-0.25, -0.2) is 4.98 Å². The fourth-order valence-electron chi connectivity index (χ4n) is 2.63. The number of hydrogen-bond acceptors (Lipinski definition) is 5. The SMILES string of the molecule is CCC1C(=O)NCCN1Cc1nc2ccc(N)cc2o1. The molecule has 1 amide bonds. The molecular formula is C14H18N4O2. The van der Waals surface area contributed by atoms with Gasteiger partial charge in [-0.15, -0.1) is 0 Å². The molecule has 1 aliphatic rings. The number of nitrogens with two attached hydrogens (primary N) is 1. The summed E-state index contributed by atoms with van der Waals surface area (Å²) in [7, 11) is 0. The summed E-state index contributed by atoms with van der Waals surface area (Å²) in [5, 5.41) is 2.88. The molecule has 1 aromatic heterocycles. The molecular weight excluding hydrogens is 256 g/mol. The van der Waals surface area contributed by atoms with E-state index in [1.807, 2.05) is 13.0 Å². The molecule has 0 saturated carbocycles. The third-order valence-corrected chi connectivity index (χ3v) is 3.62. The van der Waals surface area contributed by atoms with Gasteiger partial charge >= 0.3 is 0 Å². The van der Waals surface area contributed by atoms with E-state index >= 15 is 0 Å². The fourth-order valence-corrected chi connectivity index (χ4v) is 2.63. The van der Waals surface area contributed by atoms with Gasteiger partial charge in [0.1, 0.15) is 5.52 Å². The summed E-state index contributed by atoms with van der Waals surface area (Å²) in [5.74, 6) is 0.706. The highest BCUT2D eigenvalue weighted by Gasteiger charge is 2.28. The van der Waals surface area contributed by atoms with E-state index in [1.54, 1.807) is 12.1 Å². The average molecular weight is 274 g/mol. The van der Waals surface area contributed by atoms with Crippen molar-refractivity contribution < 1.29 is 9.21 Å². The zero-order valence-corrected chi connectivity index (χ0v) is 11.4. The number of anilines is 1. The summed E-state index contributed by atoms with van der Waals surface area (Å²) in [4.78, 5) is 18.4. The zero-order valence-electron chi connectivity index (χ0n) is 11.4. The highest BCUT2D eigenvalue weighted by atomic mass is 16.3. The van der Waals surface area contributed by atoms with Gasteiger partial charge in [-0.3, -0.25) is 9.69 Å². The number of benzene rings is 1. The van der Waals surface area contributed by atoms with E-state index in [0.29, 0.717) is 30.3 Å². The van der Waals surface area contributed by atoms with Gasteiger partial charge in [0.05, 0.1) is 12.6 Å². The van der Waals surface area contributed by atoms with Crippen molar-refractivity contribution in [1.82, 2.24) is 15.2 Å². The first kappa shape index (κ1) is 12.9. The molecule has 1 atom stereocenters. The zero-order chi connectivity index (χ0) is 14.1. The Morgan fingerprint density at radius 3 is 3.20 bits per heavy atom. The minimum atomic E-state index is -0.108. The van der Waals surface area contributed by atoms with Crippen molar-refractivity contribution >= 4 is 22.7 Å². The van der Waals surface area contributed by atoms with Crippen molar-refractivity contribution in [2.45, 2.75) is 25.9 Å². The third-order valence-electron chi connectivity index (χ3n) is 3.62. The molecule has 6 nitrogen and oxygen atoms in total. The molecule has 0 spiro atoms. The summed E-state index contributed by atoms with van der Waals surface area (Å²) in [6, 6.07) is 5.31. The summed E-state index contributed by atoms with van der Waals surface area (Å²) < 4.78 is 5.72. The quantitative estimate of drug-likeness (QED) is 0.819. The monoisotopic (exact) mass is 274 g/mol. The molecule has 0 bridgehead atoms. The second-order valence-corrected chi connectivity index (χ2v) is 5.02. The van der Waals surface area contributed by atoms with Gasteiger partial charge in [0.2, 0.25) is 11.8 Å². The Balaban J connectivity index is 1.82. The fraction of sp³-hybridized carbons (Fsp3) is 0.429. The van der Waals surface area contributed by atoms with E-state index in [2.05, 4.69) is 15.2 Å². The average Bonchev–Trinajstić information content (AvgIpc) is 2.80. The van der Waals surface area contributed by atoms with Crippen LogP contribution in [0.15, 0.2) is 22.6 Å². The second kappa shape index (κ2) is 5.13. The summed E-state index contributed by atoms with van der Waals surface area (Å²) in [6.07, 6.45) is 0.777. The number of carbonyl (C=O) groups is 1. The molecule has 3 N–H and O–H groups in total. The van der Waals surface area contributed by atoms with Crippen LogP contribution in [-0.2, 0) is 11.3 Å². The molecule has 6 heteroatoms. The number of nitrogen functional groups attached to an aromatic ring is 1. The van der Waals surface area contributed by atoms with Crippen molar-refractivity contribution in [1.29, 1.82) is 0 Å². The van der Waals surface area contributed by atoms with Crippen molar-refractivity contribution in [2.24, 2.45) is 0 Å². The standard InChI is InChI=1S/C14H18N4O2/c1-2-11-14(19)16-5-6-18(11)8-13-17-10-4-3-9(15)7-12(10)20-13/h3-4,7,11H,2,5-6,8,15H2,1H3,(H,16,19). The number of piperazine rings is 1. The maximum Gasteiger partial charge on any atom is 0.237 e. The largest absolute Gasteiger partial charge is 0.439 e. The first-order valence-corrected chi connectivity index (χ1v) is 6.84. The molecule has 2 heterocycles. The van der Waals surface area contributed by atoms with Gasteiger partial charge in [0.25, 0.3) is 0 Å². The first-order valence-electron chi connectivity index (χ1n) is 6.84. The maximum absolute atomic E-state index is 11.8. The number of aromatic nitrogens is 1. The van der Waals surface area contributed by atoms with Crippen LogP contribution in [0.5, 0.6) is 0 Å². The first-order chi connectivity index (χ1) is 9.67. The van der Waals surface area contributed by atoms with Crippen LogP contribution in [0.1, 0.15) is 19.2 Å². The number of hydrogen-bond donors (Lipinski definition) is 2. The molecule has 1 fully saturated rings. The molecule has 0 aliphatic carbocycles. The lowest BCUT2D eigenvalue weighted by Gasteiger charge is -2.33. The van der Waals surface area contributed by atoms with Crippen LogP contribution in [0, 0.1) is 0 Å². The molecule has 0 radical (unpaired) electrons. The Labute approximate surface area is 116 Å². The third kappa shape index (κ3) is 2.34. The number of nitrogens with one attached hydrogen (secondary N) is 1. The number of carbonyl (C=O) groups excluding carboxylic acids is 1. The highest BCUT2D eigenvalue weighted by molar-refractivity contribution is 5.82. The molecule has 1 unspecified atom stereocenters. The van der Waals surface area contributed by atoms with Gasteiger partial charge in [-0.1, -0.05) is 6.92 Å². The normalized spacial score (nSPS) is 20.2. The maximum atomic E-state index is 11.8. The van der Waals surface area contributed by atoms with E-state index in [-0.39, 0.29) is 11.9 Å². The van der Waals surface area contributed by atoms with Crippen LogP contribution in [0.25, 0.3) is 11.1 Å². The summed E-state index contributed by atoms with van der Waals surface area (Å²) >= 11 is 0. The van der Waals surface area contributed by atoms with Crippen LogP contribution in [0.4, 0.5) is 5.69 Å². The van der Waals surface area contributed by atoms with Crippen LogP contribution >= 0.6 is 0 Å². The lowest BCUT2D eigenvalue weighted by molar-refractivity contribution is -0.129. The second-order valence-electron chi connectivity index (χ2n) is 5.02. The highest BCUT2D eigenvalue weighted by Crippen LogP contribution is 2.20. The summed E-state index contributed by atoms with van der Waals surface area (Å²) in [5.41, 5.74) is 7.87. The summed E-state index contributed by atoms with van der Waals surface area (Å²) in [6.45, 7) is 4.03. The minimum absolute atomic E-state index is 0.0825. The number of rotatable bonds is 3. The van der Waals surface area contributed by atoms with Crippen molar-refractivity contribution in [3.05, 3.63) is 24.1 Å². The Hall–Kier alpha value is -2.08. The molecule has 2 aromatic rings. The van der Waals surface area contributed by atoms with Crippen LogP contribution in [-0.4, -0.2) is 34.9 Å². The molecule has 106 valence electrons. The van der Waals surface area contributed by atoms with E-state index in [0.717, 1.165) is 18.5 Å². The number of nitrogens with zero attached hydrogens (tertiary/aromatic N) is 2. The van der Waals surface area contributed by atoms with Gasteiger partial charge < -0.3 is 15.5 Å². The van der Waals surface area contributed by atoms with E-state index in [4.69, 9.17) is 10.2 Å². The van der Waals surface area contributed by atoms with Crippen molar-refractivity contribution in [2.75, 3.05) is 18.8 Å². The predicted octanol–water partition coefficient (Wildman–Crippen LogP) is 1.12. The minimum Gasteiger partial charge on any atom is -0.439 e. The lowest BCUT2D eigenvalue weighted by atomic mass is 10.1. The van der Waals surface area contributed by atoms with Crippen LogP contribution in [0.2, 0.25) is 0 Å². The number of amides is 1. The Morgan fingerprint density at radius 1 is 1.55 bits per heavy atom. The molecule has 1 aromatic carbocycles. The topological polar surface area (TPSA) is 84.4 Å². The Morgan fingerprint density at radius 2 is 2.40 bits per heavy atom. The molecule has 1 aliphatic heterocycles. The Kier molecular flexibility index (Phi) is 3.31. The van der Waals surface area contributed by atoms with Crippen molar-refractivity contribution in [3.8, 4) is 0 Å². The van der Waals surface area contributed by atoms with Gasteiger partial charge in [-0.05, 0) is 18.6 Å².